The van der Waals surface area contributed by atoms with Gasteiger partial charge in [0.05, 0.1) is 17.4 Å². The molecule has 1 saturated carbocycles. The van der Waals surface area contributed by atoms with Gasteiger partial charge in [0, 0.05) is 12.6 Å². The molecule has 1 aliphatic carbocycles. The van der Waals surface area contributed by atoms with Crippen LogP contribution in [0.5, 0.6) is 0 Å². The van der Waals surface area contributed by atoms with Gasteiger partial charge in [-0.2, -0.15) is 0 Å². The molecule has 1 heterocycles. The second-order valence-corrected chi connectivity index (χ2v) is 5.05. The van der Waals surface area contributed by atoms with Crippen LogP contribution in [0.1, 0.15) is 19.3 Å². The number of nitrogens with one attached hydrogen (secondary N) is 1. The molecule has 0 bridgehead atoms. The molecule has 0 amide bonds. The number of carboxylic acid groups (broad SMARTS) is 1. The van der Waals surface area contributed by atoms with Crippen molar-refractivity contribution < 1.29 is 9.90 Å². The van der Waals surface area contributed by atoms with Gasteiger partial charge in [0.15, 0.2) is 0 Å². The standard InChI is InChI=1S/C14H17N3O2/c18-14(19)12(16-10-5-6-10)7-8-17-9-15-11-3-1-2-4-13(11)17/h1-4,9-10,12,16H,5-8H2,(H,18,19). The van der Waals surface area contributed by atoms with Crippen molar-refractivity contribution in [1.29, 1.82) is 0 Å². The van der Waals surface area contributed by atoms with Crippen LogP contribution in [0.3, 0.4) is 0 Å². The molecule has 1 aliphatic rings. The number of hydrogen-bond donors (Lipinski definition) is 2. The van der Waals surface area contributed by atoms with Gasteiger partial charge in [-0.1, -0.05) is 12.1 Å². The first-order valence-corrected chi connectivity index (χ1v) is 6.63. The Morgan fingerprint density at radius 3 is 3.00 bits per heavy atom. The van der Waals surface area contributed by atoms with E-state index in [2.05, 4.69) is 10.3 Å². The van der Waals surface area contributed by atoms with E-state index in [1.165, 1.54) is 0 Å². The SMILES string of the molecule is O=C(O)C(CCn1cnc2ccccc21)NC1CC1. The number of aromatic nitrogens is 2. The minimum atomic E-state index is -0.767. The Hall–Kier alpha value is -1.88. The number of rotatable bonds is 6. The van der Waals surface area contributed by atoms with Crippen molar-refractivity contribution >= 4 is 17.0 Å². The summed E-state index contributed by atoms with van der Waals surface area (Å²) in [6.07, 6.45) is 4.54. The van der Waals surface area contributed by atoms with Gasteiger partial charge < -0.3 is 15.0 Å². The number of hydrogen-bond acceptors (Lipinski definition) is 3. The Bertz CT molecular complexity index is 589. The van der Waals surface area contributed by atoms with E-state index < -0.39 is 12.0 Å². The van der Waals surface area contributed by atoms with Crippen LogP contribution in [0.2, 0.25) is 0 Å². The highest BCUT2D eigenvalue weighted by Gasteiger charge is 2.27. The van der Waals surface area contributed by atoms with E-state index in [0.29, 0.717) is 19.0 Å². The highest BCUT2D eigenvalue weighted by molar-refractivity contribution is 5.75. The maximum atomic E-state index is 11.2. The lowest BCUT2D eigenvalue weighted by Gasteiger charge is -2.14. The molecule has 1 unspecified atom stereocenters. The van der Waals surface area contributed by atoms with Crippen molar-refractivity contribution in [2.24, 2.45) is 0 Å². The van der Waals surface area contributed by atoms with Crippen molar-refractivity contribution in [2.75, 3.05) is 0 Å². The predicted molar refractivity (Wildman–Crippen MR) is 71.9 cm³/mol. The summed E-state index contributed by atoms with van der Waals surface area (Å²) in [5.74, 6) is -0.767. The number of aliphatic carboxylic acids is 1. The maximum Gasteiger partial charge on any atom is 0.320 e. The quantitative estimate of drug-likeness (QED) is 0.827. The van der Waals surface area contributed by atoms with Crippen LogP contribution in [0.15, 0.2) is 30.6 Å². The van der Waals surface area contributed by atoms with Crippen molar-refractivity contribution in [3.63, 3.8) is 0 Å². The highest BCUT2D eigenvalue weighted by atomic mass is 16.4. The normalized spacial score (nSPS) is 16.6. The van der Waals surface area contributed by atoms with Crippen LogP contribution in [0, 0.1) is 0 Å². The third kappa shape index (κ3) is 2.76. The lowest BCUT2D eigenvalue weighted by molar-refractivity contribution is -0.139. The van der Waals surface area contributed by atoms with Crippen LogP contribution < -0.4 is 5.32 Å². The fraction of sp³-hybridized carbons (Fsp3) is 0.429. The molecule has 3 rings (SSSR count). The predicted octanol–water partition coefficient (Wildman–Crippen LogP) is 1.63. The number of benzene rings is 1. The third-order valence-corrected chi connectivity index (χ3v) is 3.50. The van der Waals surface area contributed by atoms with E-state index in [1.807, 2.05) is 28.8 Å². The molecule has 0 saturated heterocycles. The molecule has 1 aromatic heterocycles. The zero-order valence-electron chi connectivity index (χ0n) is 10.6. The molecular weight excluding hydrogens is 242 g/mol. The van der Waals surface area contributed by atoms with Crippen LogP contribution in [-0.4, -0.2) is 32.7 Å². The van der Waals surface area contributed by atoms with Gasteiger partial charge in [-0.25, -0.2) is 4.98 Å². The molecule has 0 aliphatic heterocycles. The van der Waals surface area contributed by atoms with E-state index >= 15 is 0 Å². The summed E-state index contributed by atoms with van der Waals surface area (Å²) >= 11 is 0. The average molecular weight is 259 g/mol. The number of carbonyl (C=O) groups is 1. The topological polar surface area (TPSA) is 67.1 Å². The summed E-state index contributed by atoms with van der Waals surface area (Å²) in [5.41, 5.74) is 2.00. The zero-order valence-corrected chi connectivity index (χ0v) is 10.6. The first kappa shape index (κ1) is 12.2. The van der Waals surface area contributed by atoms with Crippen LogP contribution in [0.4, 0.5) is 0 Å². The van der Waals surface area contributed by atoms with Crippen molar-refractivity contribution in [3.8, 4) is 0 Å². The summed E-state index contributed by atoms with van der Waals surface area (Å²) in [4.78, 5) is 15.5. The number of nitrogens with zero attached hydrogens (tertiary/aromatic N) is 2. The van der Waals surface area contributed by atoms with Gasteiger partial charge in [0.1, 0.15) is 6.04 Å². The minimum Gasteiger partial charge on any atom is -0.480 e. The molecule has 1 aromatic carbocycles. The lowest BCUT2D eigenvalue weighted by Crippen LogP contribution is -2.38. The molecule has 5 nitrogen and oxygen atoms in total. The molecule has 100 valence electrons. The lowest BCUT2D eigenvalue weighted by atomic mass is 10.2. The largest absolute Gasteiger partial charge is 0.480 e. The fourth-order valence-corrected chi connectivity index (χ4v) is 2.27. The molecule has 1 fully saturated rings. The molecular formula is C14H17N3O2. The van der Waals surface area contributed by atoms with E-state index in [9.17, 15) is 9.90 Å². The van der Waals surface area contributed by atoms with E-state index in [-0.39, 0.29) is 0 Å². The van der Waals surface area contributed by atoms with E-state index in [1.54, 1.807) is 6.33 Å². The van der Waals surface area contributed by atoms with E-state index in [0.717, 1.165) is 23.9 Å². The maximum absolute atomic E-state index is 11.2. The molecule has 5 heteroatoms. The first-order valence-electron chi connectivity index (χ1n) is 6.63. The molecule has 0 spiro atoms. The van der Waals surface area contributed by atoms with Crippen molar-refractivity contribution in [3.05, 3.63) is 30.6 Å². The molecule has 2 N–H and O–H groups in total. The monoisotopic (exact) mass is 259 g/mol. The first-order chi connectivity index (χ1) is 9.24. The summed E-state index contributed by atoms with van der Waals surface area (Å²) in [7, 11) is 0. The summed E-state index contributed by atoms with van der Waals surface area (Å²) in [5, 5.41) is 12.4. The number of fused-ring (bicyclic) bond motifs is 1. The second kappa shape index (κ2) is 5.01. The van der Waals surface area contributed by atoms with Gasteiger partial charge in [-0.15, -0.1) is 0 Å². The highest BCUT2D eigenvalue weighted by Crippen LogP contribution is 2.20. The van der Waals surface area contributed by atoms with Gasteiger partial charge >= 0.3 is 5.97 Å². The van der Waals surface area contributed by atoms with Crippen LogP contribution in [0.25, 0.3) is 11.0 Å². The van der Waals surface area contributed by atoms with Crippen molar-refractivity contribution in [2.45, 2.75) is 37.9 Å². The minimum absolute atomic E-state index is 0.403. The van der Waals surface area contributed by atoms with Crippen LogP contribution in [-0.2, 0) is 11.3 Å². The Labute approximate surface area is 111 Å². The molecule has 1 atom stereocenters. The van der Waals surface area contributed by atoms with Crippen molar-refractivity contribution in [1.82, 2.24) is 14.9 Å². The fourth-order valence-electron chi connectivity index (χ4n) is 2.27. The third-order valence-electron chi connectivity index (χ3n) is 3.50. The molecule has 0 radical (unpaired) electrons. The molecule has 19 heavy (non-hydrogen) atoms. The summed E-state index contributed by atoms with van der Waals surface area (Å²) in [6, 6.07) is 7.83. The average Bonchev–Trinajstić information content (AvgIpc) is 3.13. The second-order valence-electron chi connectivity index (χ2n) is 5.05. The van der Waals surface area contributed by atoms with E-state index in [4.69, 9.17) is 0 Å². The number of carboxylic acids is 1. The van der Waals surface area contributed by atoms with Crippen LogP contribution >= 0.6 is 0 Å². The Morgan fingerprint density at radius 2 is 2.26 bits per heavy atom. The van der Waals surface area contributed by atoms with Gasteiger partial charge in [-0.3, -0.25) is 4.79 Å². The number of aryl methyl sites for hydroxylation is 1. The Kier molecular flexibility index (Phi) is 3.21. The number of imidazole rings is 1. The summed E-state index contributed by atoms with van der Waals surface area (Å²) < 4.78 is 2.01. The summed E-state index contributed by atoms with van der Waals surface area (Å²) in [6.45, 7) is 0.664. The Balaban J connectivity index is 1.68. The van der Waals surface area contributed by atoms with Gasteiger partial charge in [-0.05, 0) is 31.4 Å². The zero-order chi connectivity index (χ0) is 13.2. The number of para-hydroxylation sites is 2. The molecule has 2 aromatic rings. The smallest absolute Gasteiger partial charge is 0.320 e. The Morgan fingerprint density at radius 1 is 1.47 bits per heavy atom. The van der Waals surface area contributed by atoms with Gasteiger partial charge in [0.2, 0.25) is 0 Å². The van der Waals surface area contributed by atoms with Gasteiger partial charge in [0.25, 0.3) is 0 Å².